The molecule has 0 bridgehead atoms. The van der Waals surface area contributed by atoms with E-state index in [1.165, 1.54) is 13.4 Å². The fourth-order valence-electron chi connectivity index (χ4n) is 2.90. The first-order valence-electron chi connectivity index (χ1n) is 7.42. The molecule has 0 spiro atoms. The van der Waals surface area contributed by atoms with Gasteiger partial charge in [-0.3, -0.25) is 0 Å². The van der Waals surface area contributed by atoms with Crippen LogP contribution in [-0.4, -0.2) is 42.3 Å². The van der Waals surface area contributed by atoms with E-state index in [0.29, 0.717) is 35.1 Å². The van der Waals surface area contributed by atoms with Gasteiger partial charge in [-0.05, 0) is 11.6 Å². The Morgan fingerprint density at radius 3 is 2.76 bits per heavy atom. The Labute approximate surface area is 149 Å². The molecule has 2 N–H and O–H groups in total. The van der Waals surface area contributed by atoms with Gasteiger partial charge in [0, 0.05) is 25.2 Å². The second-order valence-corrected chi connectivity index (χ2v) is 5.90. The number of hydrogen-bond donors (Lipinski definition) is 2. The Morgan fingerprint density at radius 1 is 1.36 bits per heavy atom. The van der Waals surface area contributed by atoms with E-state index in [9.17, 15) is 9.90 Å². The van der Waals surface area contributed by atoms with Crippen LogP contribution in [0.25, 0.3) is 0 Å². The van der Waals surface area contributed by atoms with Crippen LogP contribution in [0.5, 0.6) is 11.5 Å². The first-order chi connectivity index (χ1) is 12.0. The molecule has 8 nitrogen and oxygen atoms in total. The number of carboxylic acids is 1. The summed E-state index contributed by atoms with van der Waals surface area (Å²) in [4.78, 5) is 22.0. The molecule has 1 aromatic heterocycles. The van der Waals surface area contributed by atoms with Crippen LogP contribution in [0.2, 0.25) is 5.15 Å². The maximum absolute atomic E-state index is 12.0. The maximum Gasteiger partial charge on any atom is 0.330 e. The highest BCUT2D eigenvalue weighted by molar-refractivity contribution is 6.32. The molecule has 0 saturated carbocycles. The molecule has 0 saturated heterocycles. The van der Waals surface area contributed by atoms with Crippen molar-refractivity contribution in [1.82, 2.24) is 9.97 Å². The summed E-state index contributed by atoms with van der Waals surface area (Å²) in [6.45, 7) is 0.398. The Kier molecular flexibility index (Phi) is 4.54. The standard InChI is InChI=1S/C16H17ClN4O4/c1-21-6-8-4-9(24-2)5-10(25-3)11(8)12(16(22)23)20-13-14(17)18-7-19-15(13)21/h4-5,7,12,20H,6H2,1-3H3,(H,22,23). The Morgan fingerprint density at radius 2 is 2.12 bits per heavy atom. The van der Waals surface area contributed by atoms with E-state index in [2.05, 4.69) is 15.3 Å². The SMILES string of the molecule is COc1cc2c(c(OC)c1)C(C(=O)O)Nc1c(Cl)ncnc1N(C)C2. The molecule has 0 fully saturated rings. The lowest BCUT2D eigenvalue weighted by Crippen LogP contribution is -2.30. The first kappa shape index (κ1) is 17.1. The zero-order valence-corrected chi connectivity index (χ0v) is 14.7. The normalized spacial score (nSPS) is 16.0. The quantitative estimate of drug-likeness (QED) is 0.801. The van der Waals surface area contributed by atoms with Crippen molar-refractivity contribution < 1.29 is 19.4 Å². The fourth-order valence-corrected chi connectivity index (χ4v) is 3.09. The van der Waals surface area contributed by atoms with Gasteiger partial charge < -0.3 is 24.8 Å². The van der Waals surface area contributed by atoms with Crippen LogP contribution in [0.1, 0.15) is 17.2 Å². The predicted octanol–water partition coefficient (Wildman–Crippen LogP) is 2.33. The Hall–Kier alpha value is -2.74. The average molecular weight is 365 g/mol. The molecule has 9 heteroatoms. The number of methoxy groups -OCH3 is 2. The van der Waals surface area contributed by atoms with Gasteiger partial charge in [-0.25, -0.2) is 14.8 Å². The van der Waals surface area contributed by atoms with Crippen LogP contribution in [0.4, 0.5) is 11.5 Å². The minimum atomic E-state index is -1.08. The number of benzene rings is 1. The predicted molar refractivity (Wildman–Crippen MR) is 92.7 cm³/mol. The molecule has 2 heterocycles. The lowest BCUT2D eigenvalue weighted by Gasteiger charge is -2.30. The minimum Gasteiger partial charge on any atom is -0.497 e. The third-order valence-corrected chi connectivity index (χ3v) is 4.32. The lowest BCUT2D eigenvalue weighted by molar-refractivity contribution is -0.138. The number of aromatic nitrogens is 2. The van der Waals surface area contributed by atoms with Crippen LogP contribution < -0.4 is 19.7 Å². The van der Waals surface area contributed by atoms with Gasteiger partial charge in [0.05, 0.1) is 14.2 Å². The molecule has 1 aromatic carbocycles. The van der Waals surface area contributed by atoms with Gasteiger partial charge in [0.15, 0.2) is 17.0 Å². The minimum absolute atomic E-state index is 0.152. The summed E-state index contributed by atoms with van der Waals surface area (Å²) in [7, 11) is 4.87. The number of fused-ring (bicyclic) bond motifs is 2. The number of carbonyl (C=O) groups is 1. The second kappa shape index (κ2) is 6.64. The molecule has 1 atom stereocenters. The smallest absolute Gasteiger partial charge is 0.330 e. The Balaban J connectivity index is 2.25. The number of nitrogens with zero attached hydrogens (tertiary/aromatic N) is 3. The summed E-state index contributed by atoms with van der Waals surface area (Å²) in [5.41, 5.74) is 1.62. The van der Waals surface area contributed by atoms with Crippen molar-refractivity contribution in [3.63, 3.8) is 0 Å². The van der Waals surface area contributed by atoms with Gasteiger partial charge in [0.25, 0.3) is 0 Å². The molecule has 1 aliphatic heterocycles. The lowest BCUT2D eigenvalue weighted by atomic mass is 9.96. The highest BCUT2D eigenvalue weighted by Crippen LogP contribution is 2.41. The third-order valence-electron chi connectivity index (χ3n) is 4.03. The van der Waals surface area contributed by atoms with E-state index in [4.69, 9.17) is 21.1 Å². The Bertz CT molecular complexity index is 830. The van der Waals surface area contributed by atoms with E-state index in [-0.39, 0.29) is 5.15 Å². The van der Waals surface area contributed by atoms with Crippen molar-refractivity contribution in [2.75, 3.05) is 31.5 Å². The van der Waals surface area contributed by atoms with Crippen molar-refractivity contribution >= 4 is 29.1 Å². The first-order valence-corrected chi connectivity index (χ1v) is 7.79. The van der Waals surface area contributed by atoms with Gasteiger partial charge in [-0.1, -0.05) is 11.6 Å². The second-order valence-electron chi connectivity index (χ2n) is 5.54. The highest BCUT2D eigenvalue weighted by Gasteiger charge is 2.32. The van der Waals surface area contributed by atoms with Crippen molar-refractivity contribution in [3.05, 3.63) is 34.7 Å². The van der Waals surface area contributed by atoms with E-state index < -0.39 is 12.0 Å². The van der Waals surface area contributed by atoms with Gasteiger partial charge >= 0.3 is 5.97 Å². The fraction of sp³-hybridized carbons (Fsp3) is 0.312. The molecule has 25 heavy (non-hydrogen) atoms. The molecule has 0 radical (unpaired) electrons. The number of rotatable bonds is 3. The number of carboxylic acid groups (broad SMARTS) is 1. The number of ether oxygens (including phenoxy) is 2. The molecular weight excluding hydrogens is 348 g/mol. The summed E-state index contributed by atoms with van der Waals surface area (Å²) in [6.07, 6.45) is 1.34. The van der Waals surface area contributed by atoms with Crippen LogP contribution in [-0.2, 0) is 11.3 Å². The zero-order valence-electron chi connectivity index (χ0n) is 13.9. The van der Waals surface area contributed by atoms with Crippen molar-refractivity contribution in [2.45, 2.75) is 12.6 Å². The molecular formula is C16H17ClN4O4. The van der Waals surface area contributed by atoms with Crippen LogP contribution in [0.15, 0.2) is 18.5 Å². The largest absolute Gasteiger partial charge is 0.497 e. The van der Waals surface area contributed by atoms with Crippen LogP contribution in [0, 0.1) is 0 Å². The van der Waals surface area contributed by atoms with Gasteiger partial charge in [-0.15, -0.1) is 0 Å². The van der Waals surface area contributed by atoms with Crippen molar-refractivity contribution in [1.29, 1.82) is 0 Å². The summed E-state index contributed by atoms with van der Waals surface area (Å²) in [5, 5.41) is 12.9. The number of hydrogen-bond acceptors (Lipinski definition) is 7. The molecule has 0 aliphatic carbocycles. The van der Waals surface area contributed by atoms with Gasteiger partial charge in [0.2, 0.25) is 0 Å². The summed E-state index contributed by atoms with van der Waals surface area (Å²) in [6, 6.07) is 2.37. The van der Waals surface area contributed by atoms with E-state index >= 15 is 0 Å². The van der Waals surface area contributed by atoms with Crippen LogP contribution >= 0.6 is 11.6 Å². The number of halogens is 1. The topological polar surface area (TPSA) is 96.8 Å². The molecule has 0 amide bonds. The summed E-state index contributed by atoms with van der Waals surface area (Å²) < 4.78 is 10.7. The zero-order chi connectivity index (χ0) is 18.1. The molecule has 1 aliphatic rings. The van der Waals surface area contributed by atoms with Gasteiger partial charge in [0.1, 0.15) is 23.5 Å². The van der Waals surface area contributed by atoms with E-state index in [0.717, 1.165) is 5.56 Å². The van der Waals surface area contributed by atoms with E-state index in [1.54, 1.807) is 19.2 Å². The highest BCUT2D eigenvalue weighted by atomic mass is 35.5. The number of nitrogens with one attached hydrogen (secondary N) is 1. The maximum atomic E-state index is 12.0. The summed E-state index contributed by atoms with van der Waals surface area (Å²) >= 11 is 6.17. The van der Waals surface area contributed by atoms with Crippen molar-refractivity contribution in [3.8, 4) is 11.5 Å². The third kappa shape index (κ3) is 3.00. The molecule has 132 valence electrons. The molecule has 1 unspecified atom stereocenters. The summed E-state index contributed by atoms with van der Waals surface area (Å²) in [5.74, 6) is 0.438. The van der Waals surface area contributed by atoms with Crippen LogP contribution in [0.3, 0.4) is 0 Å². The monoisotopic (exact) mass is 364 g/mol. The molecule has 2 aromatic rings. The van der Waals surface area contributed by atoms with Gasteiger partial charge in [-0.2, -0.15) is 0 Å². The number of aliphatic carboxylic acids is 1. The number of anilines is 2. The average Bonchev–Trinajstić information content (AvgIpc) is 2.58. The van der Waals surface area contributed by atoms with E-state index in [1.807, 2.05) is 11.9 Å². The van der Waals surface area contributed by atoms with Crippen molar-refractivity contribution in [2.24, 2.45) is 0 Å². The molecule has 3 rings (SSSR count).